The monoisotopic (exact) mass is 324 g/mol. The van der Waals surface area contributed by atoms with Gasteiger partial charge in [-0.15, -0.1) is 11.3 Å². The van der Waals surface area contributed by atoms with Crippen LogP contribution in [0.1, 0.15) is 38.5 Å². The highest BCUT2D eigenvalue weighted by Crippen LogP contribution is 2.32. The Kier molecular flexibility index (Phi) is 4.16. The van der Waals surface area contributed by atoms with Crippen LogP contribution < -0.4 is 0 Å². The zero-order valence-electron chi connectivity index (χ0n) is 10.9. The summed E-state index contributed by atoms with van der Waals surface area (Å²) in [4.78, 5) is 14.6. The molecule has 1 nitrogen and oxygen atoms in total. The van der Waals surface area contributed by atoms with Crippen molar-refractivity contribution in [3.05, 3.63) is 55.2 Å². The number of carbonyl (C=O) groups excluding carboxylic acids is 1. The van der Waals surface area contributed by atoms with Crippen molar-refractivity contribution in [3.8, 4) is 0 Å². The van der Waals surface area contributed by atoms with Crippen LogP contribution in [0.15, 0.2) is 24.3 Å². The molecule has 0 fully saturated rings. The smallest absolute Gasteiger partial charge is 0.177 e. The van der Waals surface area contributed by atoms with Gasteiger partial charge < -0.3 is 0 Å². The SMILES string of the molecule is O=C(Cc1c(Cl)cccc1Cl)c1cc2c(s1)CCCC2. The number of hydrogen-bond donors (Lipinski definition) is 0. The number of fused-ring (bicyclic) bond motifs is 1. The molecule has 1 aromatic carbocycles. The standard InChI is InChI=1S/C16H14Cl2OS/c17-12-5-3-6-13(18)11(12)9-14(19)16-8-10-4-1-2-7-15(10)20-16/h3,5-6,8H,1-2,4,7,9H2. The maximum Gasteiger partial charge on any atom is 0.177 e. The van der Waals surface area contributed by atoms with E-state index in [9.17, 15) is 4.79 Å². The number of ketones is 1. The lowest BCUT2D eigenvalue weighted by Crippen LogP contribution is -2.02. The van der Waals surface area contributed by atoms with Crippen molar-refractivity contribution >= 4 is 40.3 Å². The molecule has 1 aliphatic rings. The zero-order chi connectivity index (χ0) is 14.1. The Morgan fingerprint density at radius 1 is 1.15 bits per heavy atom. The van der Waals surface area contributed by atoms with Gasteiger partial charge in [0, 0.05) is 21.3 Å². The van der Waals surface area contributed by atoms with Crippen molar-refractivity contribution in [1.29, 1.82) is 0 Å². The summed E-state index contributed by atoms with van der Waals surface area (Å²) < 4.78 is 0. The first-order valence-electron chi connectivity index (χ1n) is 6.73. The van der Waals surface area contributed by atoms with Crippen LogP contribution in [0.4, 0.5) is 0 Å². The van der Waals surface area contributed by atoms with Gasteiger partial charge in [0.15, 0.2) is 5.78 Å². The fourth-order valence-electron chi connectivity index (χ4n) is 2.58. The van der Waals surface area contributed by atoms with Crippen LogP contribution in [-0.4, -0.2) is 5.78 Å². The normalized spacial score (nSPS) is 14.1. The van der Waals surface area contributed by atoms with Gasteiger partial charge in [-0.1, -0.05) is 29.3 Å². The molecule has 0 radical (unpaired) electrons. The first-order valence-corrected chi connectivity index (χ1v) is 8.30. The van der Waals surface area contributed by atoms with Gasteiger partial charge in [-0.3, -0.25) is 4.79 Å². The van der Waals surface area contributed by atoms with Gasteiger partial charge in [-0.05, 0) is 55.0 Å². The summed E-state index contributed by atoms with van der Waals surface area (Å²) in [6.07, 6.45) is 4.95. The zero-order valence-corrected chi connectivity index (χ0v) is 13.2. The molecule has 2 aromatic rings. The molecule has 0 aliphatic heterocycles. The minimum absolute atomic E-state index is 0.111. The molecule has 4 heteroatoms. The van der Waals surface area contributed by atoms with E-state index in [4.69, 9.17) is 23.2 Å². The minimum Gasteiger partial charge on any atom is -0.293 e. The Balaban J connectivity index is 1.84. The fourth-order valence-corrected chi connectivity index (χ4v) is 4.30. The summed E-state index contributed by atoms with van der Waals surface area (Å²) in [7, 11) is 0. The molecule has 0 saturated carbocycles. The molecule has 104 valence electrons. The van der Waals surface area contributed by atoms with E-state index in [0.29, 0.717) is 10.0 Å². The van der Waals surface area contributed by atoms with E-state index in [1.165, 1.54) is 23.3 Å². The third-order valence-corrected chi connectivity index (χ3v) is 5.66. The summed E-state index contributed by atoms with van der Waals surface area (Å²) in [5.74, 6) is 0.111. The average Bonchev–Trinajstić information content (AvgIpc) is 2.87. The van der Waals surface area contributed by atoms with Crippen molar-refractivity contribution in [2.24, 2.45) is 0 Å². The van der Waals surface area contributed by atoms with Crippen molar-refractivity contribution in [1.82, 2.24) is 0 Å². The first kappa shape index (κ1) is 14.1. The number of halogens is 2. The molecule has 0 unspecified atom stereocenters. The Bertz CT molecular complexity index is 617. The molecule has 20 heavy (non-hydrogen) atoms. The third kappa shape index (κ3) is 2.78. The van der Waals surface area contributed by atoms with Gasteiger partial charge >= 0.3 is 0 Å². The molecule has 1 aliphatic carbocycles. The number of hydrogen-bond acceptors (Lipinski definition) is 2. The molecule has 0 N–H and O–H groups in total. The Labute approximate surface area is 132 Å². The van der Waals surface area contributed by atoms with Crippen LogP contribution >= 0.6 is 34.5 Å². The van der Waals surface area contributed by atoms with E-state index in [1.807, 2.05) is 0 Å². The van der Waals surface area contributed by atoms with Crippen molar-refractivity contribution in [3.63, 3.8) is 0 Å². The molecule has 0 atom stereocenters. The maximum absolute atomic E-state index is 12.4. The molecule has 0 bridgehead atoms. The van der Waals surface area contributed by atoms with Crippen LogP contribution in [0, 0.1) is 0 Å². The van der Waals surface area contributed by atoms with Gasteiger partial charge in [0.25, 0.3) is 0 Å². The van der Waals surface area contributed by atoms with Crippen LogP contribution in [0.3, 0.4) is 0 Å². The lowest BCUT2D eigenvalue weighted by molar-refractivity contribution is 0.0997. The number of rotatable bonds is 3. The predicted molar refractivity (Wildman–Crippen MR) is 85.5 cm³/mol. The summed E-state index contributed by atoms with van der Waals surface area (Å²) in [6.45, 7) is 0. The highest BCUT2D eigenvalue weighted by Gasteiger charge is 2.19. The molecule has 0 amide bonds. The molecule has 1 heterocycles. The second kappa shape index (κ2) is 5.88. The number of carbonyl (C=O) groups is 1. The number of Topliss-reactive ketones (excluding diaryl/α,β-unsaturated/α-hetero) is 1. The topological polar surface area (TPSA) is 17.1 Å². The molecule has 3 rings (SSSR count). The van der Waals surface area contributed by atoms with Gasteiger partial charge in [-0.2, -0.15) is 0 Å². The van der Waals surface area contributed by atoms with E-state index in [0.717, 1.165) is 23.3 Å². The van der Waals surface area contributed by atoms with Gasteiger partial charge in [0.2, 0.25) is 0 Å². The maximum atomic E-state index is 12.4. The average molecular weight is 325 g/mol. The first-order chi connectivity index (χ1) is 9.65. The minimum atomic E-state index is 0.111. The lowest BCUT2D eigenvalue weighted by Gasteiger charge is -2.08. The van der Waals surface area contributed by atoms with Crippen molar-refractivity contribution in [2.75, 3.05) is 0 Å². The Morgan fingerprint density at radius 3 is 2.55 bits per heavy atom. The van der Waals surface area contributed by atoms with E-state index in [-0.39, 0.29) is 12.2 Å². The summed E-state index contributed by atoms with van der Waals surface area (Å²) in [6, 6.07) is 7.40. The van der Waals surface area contributed by atoms with Crippen LogP contribution in [0.25, 0.3) is 0 Å². The van der Waals surface area contributed by atoms with E-state index in [2.05, 4.69) is 6.07 Å². The van der Waals surface area contributed by atoms with Crippen LogP contribution in [0.2, 0.25) is 10.0 Å². The Morgan fingerprint density at radius 2 is 1.85 bits per heavy atom. The Hall–Kier alpha value is -0.830. The molecular formula is C16H14Cl2OS. The van der Waals surface area contributed by atoms with Gasteiger partial charge in [0.1, 0.15) is 0 Å². The van der Waals surface area contributed by atoms with Gasteiger partial charge in [-0.25, -0.2) is 0 Å². The number of aryl methyl sites for hydroxylation is 2. The summed E-state index contributed by atoms with van der Waals surface area (Å²) >= 11 is 13.9. The summed E-state index contributed by atoms with van der Waals surface area (Å²) in [5, 5.41) is 1.12. The number of thiophene rings is 1. The highest BCUT2D eigenvalue weighted by molar-refractivity contribution is 7.14. The van der Waals surface area contributed by atoms with Gasteiger partial charge in [0.05, 0.1) is 4.88 Å². The largest absolute Gasteiger partial charge is 0.293 e. The summed E-state index contributed by atoms with van der Waals surface area (Å²) in [5.41, 5.74) is 2.09. The highest BCUT2D eigenvalue weighted by atomic mass is 35.5. The van der Waals surface area contributed by atoms with E-state index < -0.39 is 0 Å². The molecule has 1 aromatic heterocycles. The lowest BCUT2D eigenvalue weighted by atomic mass is 9.98. The second-order valence-corrected chi connectivity index (χ2v) is 7.02. The van der Waals surface area contributed by atoms with Crippen LogP contribution in [-0.2, 0) is 19.3 Å². The molecular weight excluding hydrogens is 311 g/mol. The van der Waals surface area contributed by atoms with Crippen LogP contribution in [0.5, 0.6) is 0 Å². The molecule has 0 saturated heterocycles. The van der Waals surface area contributed by atoms with E-state index in [1.54, 1.807) is 29.5 Å². The van der Waals surface area contributed by atoms with Crippen molar-refractivity contribution in [2.45, 2.75) is 32.1 Å². The third-order valence-electron chi connectivity index (χ3n) is 3.67. The number of benzene rings is 1. The predicted octanol–water partition coefficient (Wildman–Crippen LogP) is 5.36. The fraction of sp³-hybridized carbons (Fsp3) is 0.312. The van der Waals surface area contributed by atoms with Crippen molar-refractivity contribution < 1.29 is 4.79 Å². The quantitative estimate of drug-likeness (QED) is 0.694. The van der Waals surface area contributed by atoms with E-state index >= 15 is 0 Å². The molecule has 0 spiro atoms. The second-order valence-electron chi connectivity index (χ2n) is 5.07.